The third kappa shape index (κ3) is 2.23. The van der Waals surface area contributed by atoms with Crippen LogP contribution < -0.4 is 10.6 Å². The third-order valence-corrected chi connectivity index (χ3v) is 4.32. The van der Waals surface area contributed by atoms with Gasteiger partial charge in [-0.1, -0.05) is 6.92 Å². The van der Waals surface area contributed by atoms with Gasteiger partial charge in [0.25, 0.3) is 0 Å². The summed E-state index contributed by atoms with van der Waals surface area (Å²) in [6.45, 7) is 6.30. The molecule has 4 heteroatoms. The molecule has 88 valence electrons. The molecule has 0 radical (unpaired) electrons. The highest BCUT2D eigenvalue weighted by atomic mass is 79.9. The van der Waals surface area contributed by atoms with E-state index in [1.807, 2.05) is 12.3 Å². The molecule has 0 aromatic carbocycles. The van der Waals surface area contributed by atoms with E-state index in [1.54, 1.807) is 0 Å². The first-order chi connectivity index (χ1) is 7.59. The molecule has 2 rings (SSSR count). The van der Waals surface area contributed by atoms with Gasteiger partial charge in [-0.3, -0.25) is 0 Å². The van der Waals surface area contributed by atoms with Crippen LogP contribution in [-0.4, -0.2) is 24.1 Å². The van der Waals surface area contributed by atoms with Crippen LogP contribution in [0.2, 0.25) is 0 Å². The molecule has 0 bridgehead atoms. The van der Waals surface area contributed by atoms with Crippen molar-refractivity contribution in [2.45, 2.75) is 26.3 Å². The minimum absolute atomic E-state index is 0.333. The van der Waals surface area contributed by atoms with Gasteiger partial charge in [-0.05, 0) is 46.8 Å². The molecular weight excluding hydrogens is 266 g/mol. The first kappa shape index (κ1) is 11.9. The third-order valence-electron chi connectivity index (χ3n) is 3.34. The molecule has 16 heavy (non-hydrogen) atoms. The summed E-state index contributed by atoms with van der Waals surface area (Å²) >= 11 is 3.62. The molecule has 1 fully saturated rings. The predicted molar refractivity (Wildman–Crippen MR) is 70.6 cm³/mol. The van der Waals surface area contributed by atoms with E-state index in [1.165, 1.54) is 5.56 Å². The minimum atomic E-state index is 0.333. The number of nitrogens with two attached hydrogens (primary N) is 1. The molecule has 0 saturated carbocycles. The Morgan fingerprint density at radius 2 is 2.31 bits per heavy atom. The van der Waals surface area contributed by atoms with Gasteiger partial charge in [0, 0.05) is 25.3 Å². The van der Waals surface area contributed by atoms with Crippen molar-refractivity contribution in [2.24, 2.45) is 11.7 Å². The molecule has 0 spiro atoms. The summed E-state index contributed by atoms with van der Waals surface area (Å²) in [5, 5.41) is 0. The van der Waals surface area contributed by atoms with Gasteiger partial charge in [0.05, 0.1) is 4.47 Å². The van der Waals surface area contributed by atoms with Crippen LogP contribution in [0, 0.1) is 12.8 Å². The van der Waals surface area contributed by atoms with Crippen molar-refractivity contribution in [1.29, 1.82) is 0 Å². The van der Waals surface area contributed by atoms with Crippen LogP contribution in [-0.2, 0) is 0 Å². The van der Waals surface area contributed by atoms with E-state index in [0.717, 1.165) is 29.8 Å². The van der Waals surface area contributed by atoms with Crippen molar-refractivity contribution in [3.63, 3.8) is 0 Å². The monoisotopic (exact) mass is 283 g/mol. The van der Waals surface area contributed by atoms with Crippen LogP contribution in [0.15, 0.2) is 16.7 Å². The number of pyridine rings is 1. The van der Waals surface area contributed by atoms with Gasteiger partial charge in [-0.15, -0.1) is 0 Å². The number of hydrogen-bond donors (Lipinski definition) is 1. The Kier molecular flexibility index (Phi) is 3.50. The van der Waals surface area contributed by atoms with Gasteiger partial charge >= 0.3 is 0 Å². The number of halogens is 1. The molecule has 0 amide bonds. The van der Waals surface area contributed by atoms with Gasteiger partial charge < -0.3 is 10.6 Å². The second-order valence-corrected chi connectivity index (χ2v) is 5.43. The van der Waals surface area contributed by atoms with E-state index in [-0.39, 0.29) is 0 Å². The number of hydrogen-bond acceptors (Lipinski definition) is 3. The Hall–Kier alpha value is -0.610. The van der Waals surface area contributed by atoms with Gasteiger partial charge in [-0.25, -0.2) is 4.98 Å². The molecular formula is C12H18BrN3. The van der Waals surface area contributed by atoms with Crippen LogP contribution in [0.3, 0.4) is 0 Å². The number of nitrogens with zero attached hydrogens (tertiary/aromatic N) is 2. The SMILES string of the molecule is Cc1ccnc(N2CCC(N)C(C)C2)c1Br. The lowest BCUT2D eigenvalue weighted by Gasteiger charge is -2.36. The van der Waals surface area contributed by atoms with E-state index in [9.17, 15) is 0 Å². The van der Waals surface area contributed by atoms with Crippen LogP contribution in [0.4, 0.5) is 5.82 Å². The van der Waals surface area contributed by atoms with Crippen LogP contribution in [0.25, 0.3) is 0 Å². The minimum Gasteiger partial charge on any atom is -0.355 e. The standard InChI is InChI=1S/C12H18BrN3/c1-8-3-5-15-12(11(8)13)16-6-4-10(14)9(2)7-16/h3,5,9-10H,4,6-7,14H2,1-2H3. The van der Waals surface area contributed by atoms with Crippen LogP contribution in [0.1, 0.15) is 18.9 Å². The van der Waals surface area contributed by atoms with Gasteiger partial charge in [-0.2, -0.15) is 0 Å². The van der Waals surface area contributed by atoms with Gasteiger partial charge in [0.2, 0.25) is 0 Å². The lowest BCUT2D eigenvalue weighted by molar-refractivity contribution is 0.381. The molecule has 2 N–H and O–H groups in total. The normalized spacial score (nSPS) is 25.9. The van der Waals surface area contributed by atoms with Crippen LogP contribution >= 0.6 is 15.9 Å². The summed E-state index contributed by atoms with van der Waals surface area (Å²) in [4.78, 5) is 6.79. The van der Waals surface area contributed by atoms with Crippen molar-refractivity contribution in [2.75, 3.05) is 18.0 Å². The molecule has 2 unspecified atom stereocenters. The molecule has 1 aromatic rings. The summed E-state index contributed by atoms with van der Waals surface area (Å²) in [6, 6.07) is 2.35. The Bertz CT molecular complexity index is 381. The van der Waals surface area contributed by atoms with E-state index >= 15 is 0 Å². The average molecular weight is 284 g/mol. The van der Waals surface area contributed by atoms with Crippen LogP contribution in [0.5, 0.6) is 0 Å². The lowest BCUT2D eigenvalue weighted by Crippen LogP contribution is -2.46. The fourth-order valence-corrected chi connectivity index (χ4v) is 2.59. The molecule has 2 heterocycles. The summed E-state index contributed by atoms with van der Waals surface area (Å²) in [6.07, 6.45) is 2.91. The Balaban J connectivity index is 2.22. The largest absolute Gasteiger partial charge is 0.355 e. The lowest BCUT2D eigenvalue weighted by atomic mass is 9.95. The number of piperidine rings is 1. The number of anilines is 1. The smallest absolute Gasteiger partial charge is 0.143 e. The maximum Gasteiger partial charge on any atom is 0.143 e. The van der Waals surface area contributed by atoms with Gasteiger partial charge in [0.1, 0.15) is 5.82 Å². The predicted octanol–water partition coefficient (Wildman–Crippen LogP) is 2.33. The van der Waals surface area contributed by atoms with Crippen molar-refractivity contribution in [3.8, 4) is 0 Å². The number of aromatic nitrogens is 1. The zero-order chi connectivity index (χ0) is 11.7. The molecule has 3 nitrogen and oxygen atoms in total. The van der Waals surface area contributed by atoms with E-state index in [4.69, 9.17) is 5.73 Å². The summed E-state index contributed by atoms with van der Waals surface area (Å²) < 4.78 is 1.11. The molecule has 0 aliphatic carbocycles. The van der Waals surface area contributed by atoms with Crippen molar-refractivity contribution < 1.29 is 0 Å². The number of rotatable bonds is 1. The first-order valence-electron chi connectivity index (χ1n) is 5.71. The first-order valence-corrected chi connectivity index (χ1v) is 6.50. The quantitative estimate of drug-likeness (QED) is 0.860. The second kappa shape index (κ2) is 4.72. The fourth-order valence-electron chi connectivity index (χ4n) is 2.10. The zero-order valence-corrected chi connectivity index (χ0v) is 11.4. The van der Waals surface area contributed by atoms with Gasteiger partial charge in [0.15, 0.2) is 0 Å². The topological polar surface area (TPSA) is 42.2 Å². The molecule has 1 aliphatic rings. The zero-order valence-electron chi connectivity index (χ0n) is 9.78. The molecule has 1 saturated heterocycles. The Morgan fingerprint density at radius 1 is 1.56 bits per heavy atom. The van der Waals surface area contributed by atoms with Crippen molar-refractivity contribution in [1.82, 2.24) is 4.98 Å². The molecule has 1 aliphatic heterocycles. The highest BCUT2D eigenvalue weighted by Gasteiger charge is 2.25. The maximum atomic E-state index is 6.03. The number of aryl methyl sites for hydroxylation is 1. The summed E-state index contributed by atoms with van der Waals surface area (Å²) in [7, 11) is 0. The second-order valence-electron chi connectivity index (χ2n) is 4.64. The van der Waals surface area contributed by atoms with E-state index < -0.39 is 0 Å². The highest BCUT2D eigenvalue weighted by molar-refractivity contribution is 9.10. The van der Waals surface area contributed by atoms with E-state index in [0.29, 0.717) is 12.0 Å². The Labute approximate surface area is 105 Å². The molecule has 1 aromatic heterocycles. The molecule has 2 atom stereocenters. The fraction of sp³-hybridized carbons (Fsp3) is 0.583. The highest BCUT2D eigenvalue weighted by Crippen LogP contribution is 2.29. The van der Waals surface area contributed by atoms with Crippen molar-refractivity contribution >= 4 is 21.7 Å². The summed E-state index contributed by atoms with van der Waals surface area (Å²) in [5.74, 6) is 1.58. The van der Waals surface area contributed by atoms with E-state index in [2.05, 4.69) is 39.7 Å². The maximum absolute atomic E-state index is 6.03. The van der Waals surface area contributed by atoms with Crippen molar-refractivity contribution in [3.05, 3.63) is 22.3 Å². The summed E-state index contributed by atoms with van der Waals surface area (Å²) in [5.41, 5.74) is 7.26. The average Bonchev–Trinajstić information content (AvgIpc) is 2.26. The Morgan fingerprint density at radius 3 is 3.00 bits per heavy atom.